The molecule has 0 aliphatic rings. The maximum Gasteiger partial charge on any atom is 0.135 e. The number of hydrogen-bond donors (Lipinski definition) is 0. The van der Waals surface area contributed by atoms with E-state index < -0.39 is 0 Å². The van der Waals surface area contributed by atoms with Crippen molar-refractivity contribution in [2.45, 2.75) is 27.1 Å². The van der Waals surface area contributed by atoms with Gasteiger partial charge in [-0.15, -0.1) is 0 Å². The monoisotopic (exact) mass is 418 g/mol. The SMILES string of the molecule is Cc1c(OCc2ccccc2)cc2cc3ccccc3c(OCc3ccccc3)c2c1C. The average molecular weight is 419 g/mol. The molecule has 32 heavy (non-hydrogen) atoms. The number of fused-ring (bicyclic) bond motifs is 2. The molecule has 5 aromatic carbocycles. The van der Waals surface area contributed by atoms with E-state index in [9.17, 15) is 0 Å². The Hall–Kier alpha value is -3.78. The van der Waals surface area contributed by atoms with Crippen molar-refractivity contribution in [3.8, 4) is 11.5 Å². The molecular formula is C30H26O2. The fourth-order valence-electron chi connectivity index (χ4n) is 4.22. The number of rotatable bonds is 6. The summed E-state index contributed by atoms with van der Waals surface area (Å²) in [5, 5.41) is 4.60. The highest BCUT2D eigenvalue weighted by atomic mass is 16.5. The molecule has 0 N–H and O–H groups in total. The Bertz CT molecular complexity index is 1370. The first-order valence-corrected chi connectivity index (χ1v) is 11.0. The van der Waals surface area contributed by atoms with E-state index in [2.05, 4.69) is 74.5 Å². The topological polar surface area (TPSA) is 18.5 Å². The lowest BCUT2D eigenvalue weighted by Crippen LogP contribution is -2.01. The minimum atomic E-state index is 0.536. The summed E-state index contributed by atoms with van der Waals surface area (Å²) in [4.78, 5) is 0. The molecule has 0 heterocycles. The molecule has 0 radical (unpaired) electrons. The van der Waals surface area contributed by atoms with Crippen LogP contribution in [0.25, 0.3) is 21.5 Å². The van der Waals surface area contributed by atoms with Crippen LogP contribution in [0, 0.1) is 13.8 Å². The predicted octanol–water partition coefficient (Wildman–Crippen LogP) is 7.77. The van der Waals surface area contributed by atoms with Crippen molar-refractivity contribution in [3.63, 3.8) is 0 Å². The second kappa shape index (κ2) is 8.76. The Kier molecular flexibility index (Phi) is 5.51. The van der Waals surface area contributed by atoms with E-state index >= 15 is 0 Å². The summed E-state index contributed by atoms with van der Waals surface area (Å²) in [6, 6.07) is 33.4. The van der Waals surface area contributed by atoms with Crippen LogP contribution < -0.4 is 9.47 Å². The molecule has 0 bridgehead atoms. The van der Waals surface area contributed by atoms with Crippen molar-refractivity contribution < 1.29 is 9.47 Å². The summed E-state index contributed by atoms with van der Waals surface area (Å²) in [5.74, 6) is 1.86. The van der Waals surface area contributed by atoms with Crippen LogP contribution in [0.1, 0.15) is 22.3 Å². The number of benzene rings is 5. The van der Waals surface area contributed by atoms with Crippen LogP contribution >= 0.6 is 0 Å². The first-order valence-electron chi connectivity index (χ1n) is 11.0. The fraction of sp³-hybridized carbons (Fsp3) is 0.133. The van der Waals surface area contributed by atoms with Gasteiger partial charge in [0.1, 0.15) is 24.7 Å². The summed E-state index contributed by atoms with van der Waals surface area (Å²) in [6.45, 7) is 5.38. The normalized spacial score (nSPS) is 11.1. The lowest BCUT2D eigenvalue weighted by atomic mass is 9.95. The van der Waals surface area contributed by atoms with Crippen molar-refractivity contribution in [1.29, 1.82) is 0 Å². The van der Waals surface area contributed by atoms with Gasteiger partial charge in [-0.3, -0.25) is 0 Å². The molecule has 5 aromatic rings. The second-order valence-electron chi connectivity index (χ2n) is 8.20. The molecule has 0 atom stereocenters. The standard InChI is InChI=1S/C30H26O2/c1-21-22(2)29-26(18-28(21)31-19-23-11-5-3-6-12-23)17-25-15-9-10-16-27(25)30(29)32-20-24-13-7-4-8-14-24/h3-18H,19-20H2,1-2H3. The summed E-state index contributed by atoms with van der Waals surface area (Å²) >= 11 is 0. The van der Waals surface area contributed by atoms with Gasteiger partial charge < -0.3 is 9.47 Å². The Morgan fingerprint density at radius 2 is 1.16 bits per heavy atom. The summed E-state index contributed by atoms with van der Waals surface area (Å²) < 4.78 is 12.7. The van der Waals surface area contributed by atoms with Gasteiger partial charge in [-0.2, -0.15) is 0 Å². The molecular weight excluding hydrogens is 392 g/mol. The third kappa shape index (κ3) is 3.92. The molecule has 2 heteroatoms. The summed E-state index contributed by atoms with van der Waals surface area (Å²) in [6.07, 6.45) is 0. The maximum absolute atomic E-state index is 6.48. The maximum atomic E-state index is 6.48. The van der Waals surface area contributed by atoms with E-state index in [1.165, 1.54) is 10.9 Å². The minimum absolute atomic E-state index is 0.536. The minimum Gasteiger partial charge on any atom is -0.489 e. The van der Waals surface area contributed by atoms with Crippen LogP contribution in [0.3, 0.4) is 0 Å². The first-order chi connectivity index (χ1) is 15.7. The molecule has 158 valence electrons. The predicted molar refractivity (Wildman–Crippen MR) is 132 cm³/mol. The Morgan fingerprint density at radius 3 is 1.84 bits per heavy atom. The molecule has 2 nitrogen and oxygen atoms in total. The zero-order valence-electron chi connectivity index (χ0n) is 18.5. The first kappa shape index (κ1) is 20.1. The van der Waals surface area contributed by atoms with Crippen molar-refractivity contribution in [1.82, 2.24) is 0 Å². The summed E-state index contributed by atoms with van der Waals surface area (Å²) in [7, 11) is 0. The van der Waals surface area contributed by atoms with E-state index in [1.807, 2.05) is 36.4 Å². The van der Waals surface area contributed by atoms with Crippen LogP contribution in [0.4, 0.5) is 0 Å². The zero-order valence-corrected chi connectivity index (χ0v) is 18.5. The molecule has 0 unspecified atom stereocenters. The van der Waals surface area contributed by atoms with Gasteiger partial charge in [0.15, 0.2) is 0 Å². The Balaban J connectivity index is 1.59. The molecule has 0 aliphatic heterocycles. The smallest absolute Gasteiger partial charge is 0.135 e. The van der Waals surface area contributed by atoms with Crippen LogP contribution in [-0.2, 0) is 13.2 Å². The highest BCUT2D eigenvalue weighted by molar-refractivity contribution is 6.07. The van der Waals surface area contributed by atoms with Gasteiger partial charge >= 0.3 is 0 Å². The van der Waals surface area contributed by atoms with Gasteiger partial charge in [-0.25, -0.2) is 0 Å². The van der Waals surface area contributed by atoms with Crippen molar-refractivity contribution in [2.24, 2.45) is 0 Å². The molecule has 0 fully saturated rings. The molecule has 0 aliphatic carbocycles. The lowest BCUT2D eigenvalue weighted by molar-refractivity contribution is 0.304. The van der Waals surface area contributed by atoms with E-state index in [4.69, 9.17) is 9.47 Å². The highest BCUT2D eigenvalue weighted by Gasteiger charge is 2.16. The van der Waals surface area contributed by atoms with Crippen molar-refractivity contribution in [3.05, 3.63) is 119 Å². The fourth-order valence-corrected chi connectivity index (χ4v) is 4.22. The second-order valence-corrected chi connectivity index (χ2v) is 8.20. The highest BCUT2D eigenvalue weighted by Crippen LogP contribution is 2.41. The third-order valence-electron chi connectivity index (χ3n) is 6.09. The Morgan fingerprint density at radius 1 is 0.562 bits per heavy atom. The quantitative estimate of drug-likeness (QED) is 0.262. The molecule has 0 saturated carbocycles. The average Bonchev–Trinajstić information content (AvgIpc) is 2.84. The van der Waals surface area contributed by atoms with Gasteiger partial charge in [-0.1, -0.05) is 84.9 Å². The van der Waals surface area contributed by atoms with Crippen LogP contribution in [0.15, 0.2) is 97.1 Å². The van der Waals surface area contributed by atoms with E-state index in [0.29, 0.717) is 13.2 Å². The van der Waals surface area contributed by atoms with Gasteiger partial charge in [0.2, 0.25) is 0 Å². The van der Waals surface area contributed by atoms with Gasteiger partial charge in [0, 0.05) is 10.8 Å². The zero-order chi connectivity index (χ0) is 21.9. The summed E-state index contributed by atoms with van der Waals surface area (Å²) in [5.41, 5.74) is 4.66. The third-order valence-corrected chi connectivity index (χ3v) is 6.09. The lowest BCUT2D eigenvalue weighted by Gasteiger charge is -2.19. The number of aryl methyl sites for hydroxylation is 1. The molecule has 0 aromatic heterocycles. The molecule has 0 spiro atoms. The molecule has 0 amide bonds. The van der Waals surface area contributed by atoms with Gasteiger partial charge in [-0.05, 0) is 59.0 Å². The number of ether oxygens (including phenoxy) is 2. The van der Waals surface area contributed by atoms with Gasteiger partial charge in [0.25, 0.3) is 0 Å². The van der Waals surface area contributed by atoms with E-state index in [1.54, 1.807) is 0 Å². The van der Waals surface area contributed by atoms with E-state index in [-0.39, 0.29) is 0 Å². The van der Waals surface area contributed by atoms with Crippen LogP contribution in [0.5, 0.6) is 11.5 Å². The van der Waals surface area contributed by atoms with E-state index in [0.717, 1.165) is 44.3 Å². The van der Waals surface area contributed by atoms with Gasteiger partial charge in [0.05, 0.1) is 0 Å². The van der Waals surface area contributed by atoms with Crippen LogP contribution in [0.2, 0.25) is 0 Å². The molecule has 5 rings (SSSR count). The molecule has 0 saturated heterocycles. The van der Waals surface area contributed by atoms with Crippen molar-refractivity contribution >= 4 is 21.5 Å². The largest absolute Gasteiger partial charge is 0.489 e. The van der Waals surface area contributed by atoms with Crippen LogP contribution in [-0.4, -0.2) is 0 Å². The Labute approximate surface area is 189 Å². The number of hydrogen-bond acceptors (Lipinski definition) is 2. The van der Waals surface area contributed by atoms with Crippen molar-refractivity contribution in [2.75, 3.05) is 0 Å².